The smallest absolute Gasteiger partial charge is 0.345 e. The van der Waals surface area contributed by atoms with Gasteiger partial charge in [-0.3, -0.25) is 0 Å². The van der Waals surface area contributed by atoms with Gasteiger partial charge in [-0.25, -0.2) is 4.79 Å². The van der Waals surface area contributed by atoms with Crippen molar-refractivity contribution in [3.8, 4) is 0 Å². The maximum atomic E-state index is 10.8. The number of hydrogen-bond acceptors (Lipinski definition) is 2. The maximum absolute atomic E-state index is 10.8. The summed E-state index contributed by atoms with van der Waals surface area (Å²) in [5.41, 5.74) is 3.82. The molecule has 3 heteroatoms. The molecule has 1 aromatic heterocycles. The van der Waals surface area contributed by atoms with E-state index in [1.807, 2.05) is 12.1 Å². The number of carboxylic acid groups (broad SMARTS) is 1. The van der Waals surface area contributed by atoms with Crippen LogP contribution in [0.15, 0.2) is 30.3 Å². The number of carbonyl (C=O) groups is 1. The number of thiophene rings is 1. The van der Waals surface area contributed by atoms with Gasteiger partial charge in [0, 0.05) is 11.3 Å². The third-order valence-corrected chi connectivity index (χ3v) is 3.94. The van der Waals surface area contributed by atoms with Gasteiger partial charge < -0.3 is 5.11 Å². The molecule has 88 valence electrons. The first kappa shape index (κ1) is 11.9. The second-order valence-corrected chi connectivity index (χ2v) is 5.29. The zero-order chi connectivity index (χ0) is 12.4. The van der Waals surface area contributed by atoms with Crippen molar-refractivity contribution in [3.05, 3.63) is 56.8 Å². The van der Waals surface area contributed by atoms with Gasteiger partial charge in [-0.05, 0) is 42.7 Å². The number of hydrogen-bond donors (Lipinski definition) is 1. The maximum Gasteiger partial charge on any atom is 0.345 e. The molecule has 1 N–H and O–H groups in total. The van der Waals surface area contributed by atoms with Crippen molar-refractivity contribution in [2.75, 3.05) is 0 Å². The molecule has 0 amide bonds. The van der Waals surface area contributed by atoms with Crippen LogP contribution in [0.3, 0.4) is 0 Å². The molecule has 0 aliphatic heterocycles. The highest BCUT2D eigenvalue weighted by atomic mass is 32.1. The molecule has 0 saturated carbocycles. The van der Waals surface area contributed by atoms with Crippen LogP contribution in [0.5, 0.6) is 0 Å². The summed E-state index contributed by atoms with van der Waals surface area (Å²) in [4.78, 5) is 12.3. The van der Waals surface area contributed by atoms with Crippen molar-refractivity contribution in [1.29, 1.82) is 0 Å². The van der Waals surface area contributed by atoms with Crippen LogP contribution >= 0.6 is 11.3 Å². The predicted octanol–water partition coefficient (Wildman–Crippen LogP) is 3.65. The van der Waals surface area contributed by atoms with Crippen molar-refractivity contribution in [2.45, 2.75) is 20.3 Å². The number of rotatable bonds is 3. The van der Waals surface area contributed by atoms with Gasteiger partial charge in [-0.2, -0.15) is 0 Å². The molecular weight excluding hydrogens is 232 g/mol. The van der Waals surface area contributed by atoms with Crippen LogP contribution in [-0.4, -0.2) is 11.1 Å². The average molecular weight is 246 g/mol. The van der Waals surface area contributed by atoms with E-state index in [9.17, 15) is 4.79 Å². The fourth-order valence-corrected chi connectivity index (χ4v) is 2.75. The molecule has 1 heterocycles. The second-order valence-electron chi connectivity index (χ2n) is 4.12. The van der Waals surface area contributed by atoms with E-state index in [2.05, 4.69) is 26.0 Å². The molecular formula is C14H14O2S. The number of aryl methyl sites for hydroxylation is 2. The lowest BCUT2D eigenvalue weighted by atomic mass is 9.99. The number of aromatic carboxylic acids is 1. The summed E-state index contributed by atoms with van der Waals surface area (Å²) < 4.78 is 0. The fourth-order valence-electron chi connectivity index (χ4n) is 1.89. The second kappa shape index (κ2) is 4.72. The van der Waals surface area contributed by atoms with Crippen LogP contribution in [0, 0.1) is 13.8 Å². The van der Waals surface area contributed by atoms with Crippen LogP contribution in [-0.2, 0) is 6.42 Å². The summed E-state index contributed by atoms with van der Waals surface area (Å²) in [6.45, 7) is 4.18. The van der Waals surface area contributed by atoms with Crippen LogP contribution in [0.4, 0.5) is 0 Å². The molecule has 1 aromatic carbocycles. The normalized spacial score (nSPS) is 10.5. The molecule has 0 spiro atoms. The van der Waals surface area contributed by atoms with Crippen molar-refractivity contribution in [2.24, 2.45) is 0 Å². The van der Waals surface area contributed by atoms with Gasteiger partial charge in [0.2, 0.25) is 0 Å². The number of carboxylic acids is 1. The Bertz CT molecular complexity index is 535. The van der Waals surface area contributed by atoms with E-state index in [1.165, 1.54) is 28.0 Å². The minimum Gasteiger partial charge on any atom is -0.477 e. The topological polar surface area (TPSA) is 37.3 Å². The highest BCUT2D eigenvalue weighted by Crippen LogP contribution is 2.23. The SMILES string of the molecule is Cc1cccc(C)c1Cc1ccc(C(=O)O)s1. The predicted molar refractivity (Wildman–Crippen MR) is 70.0 cm³/mol. The Kier molecular flexibility index (Phi) is 3.29. The Balaban J connectivity index is 2.28. The summed E-state index contributed by atoms with van der Waals surface area (Å²) in [5.74, 6) is -0.845. The molecule has 17 heavy (non-hydrogen) atoms. The minimum atomic E-state index is -0.845. The molecule has 0 atom stereocenters. The molecule has 2 rings (SSSR count). The first-order valence-corrected chi connectivity index (χ1v) is 6.26. The molecule has 0 bridgehead atoms. The third kappa shape index (κ3) is 2.56. The Hall–Kier alpha value is -1.61. The minimum absolute atomic E-state index is 0.409. The highest BCUT2D eigenvalue weighted by molar-refractivity contribution is 7.13. The van der Waals surface area contributed by atoms with Crippen LogP contribution < -0.4 is 0 Å². The van der Waals surface area contributed by atoms with Gasteiger partial charge in [0.25, 0.3) is 0 Å². The van der Waals surface area contributed by atoms with E-state index in [1.54, 1.807) is 6.07 Å². The first-order chi connectivity index (χ1) is 8.08. The van der Waals surface area contributed by atoms with Crippen LogP contribution in [0.2, 0.25) is 0 Å². The standard InChI is InChI=1S/C14H14O2S/c1-9-4-3-5-10(2)12(9)8-11-6-7-13(17-11)14(15)16/h3-7H,8H2,1-2H3,(H,15,16). The monoisotopic (exact) mass is 246 g/mol. The molecule has 0 unspecified atom stereocenters. The van der Waals surface area contributed by atoms with Gasteiger partial charge in [0.1, 0.15) is 4.88 Å². The van der Waals surface area contributed by atoms with E-state index < -0.39 is 5.97 Å². The Morgan fingerprint density at radius 3 is 2.35 bits per heavy atom. The molecule has 0 saturated heterocycles. The summed E-state index contributed by atoms with van der Waals surface area (Å²) in [6, 6.07) is 9.81. The zero-order valence-electron chi connectivity index (χ0n) is 9.86. The molecule has 0 radical (unpaired) electrons. The summed E-state index contributed by atoms with van der Waals surface area (Å²) in [7, 11) is 0. The van der Waals surface area contributed by atoms with Crippen LogP contribution in [0.1, 0.15) is 31.2 Å². The van der Waals surface area contributed by atoms with E-state index in [-0.39, 0.29) is 0 Å². The summed E-state index contributed by atoms with van der Waals surface area (Å²) in [5, 5.41) is 8.88. The first-order valence-electron chi connectivity index (χ1n) is 5.45. The van der Waals surface area contributed by atoms with Gasteiger partial charge in [0.05, 0.1) is 0 Å². The lowest BCUT2D eigenvalue weighted by molar-refractivity contribution is 0.0702. The molecule has 0 fully saturated rings. The van der Waals surface area contributed by atoms with Gasteiger partial charge in [0.15, 0.2) is 0 Å². The number of benzene rings is 1. The Morgan fingerprint density at radius 2 is 1.82 bits per heavy atom. The van der Waals surface area contributed by atoms with Crippen molar-refractivity contribution >= 4 is 17.3 Å². The molecule has 2 nitrogen and oxygen atoms in total. The van der Waals surface area contributed by atoms with Gasteiger partial charge in [-0.1, -0.05) is 18.2 Å². The van der Waals surface area contributed by atoms with E-state index >= 15 is 0 Å². The summed E-state index contributed by atoms with van der Waals surface area (Å²) in [6.07, 6.45) is 0.816. The molecule has 0 aliphatic rings. The van der Waals surface area contributed by atoms with Gasteiger partial charge in [-0.15, -0.1) is 11.3 Å². The average Bonchev–Trinajstić information content (AvgIpc) is 2.72. The fraction of sp³-hybridized carbons (Fsp3) is 0.214. The lowest BCUT2D eigenvalue weighted by Crippen LogP contribution is -1.93. The third-order valence-electron chi connectivity index (χ3n) is 2.87. The van der Waals surface area contributed by atoms with Crippen molar-refractivity contribution < 1.29 is 9.90 Å². The largest absolute Gasteiger partial charge is 0.477 e. The van der Waals surface area contributed by atoms with E-state index in [0.29, 0.717) is 4.88 Å². The quantitative estimate of drug-likeness (QED) is 0.897. The van der Waals surface area contributed by atoms with E-state index in [4.69, 9.17) is 5.11 Å². The van der Waals surface area contributed by atoms with E-state index in [0.717, 1.165) is 11.3 Å². The molecule has 2 aromatic rings. The van der Waals surface area contributed by atoms with Crippen LogP contribution in [0.25, 0.3) is 0 Å². The van der Waals surface area contributed by atoms with Crippen molar-refractivity contribution in [1.82, 2.24) is 0 Å². The van der Waals surface area contributed by atoms with Gasteiger partial charge >= 0.3 is 5.97 Å². The lowest BCUT2D eigenvalue weighted by Gasteiger charge is -2.07. The highest BCUT2D eigenvalue weighted by Gasteiger charge is 2.09. The zero-order valence-corrected chi connectivity index (χ0v) is 10.7. The summed E-state index contributed by atoms with van der Waals surface area (Å²) >= 11 is 1.35. The Labute approximate surface area is 105 Å². The molecule has 0 aliphatic carbocycles. The Morgan fingerprint density at radius 1 is 1.18 bits per heavy atom. The van der Waals surface area contributed by atoms with Crippen molar-refractivity contribution in [3.63, 3.8) is 0 Å².